The summed E-state index contributed by atoms with van der Waals surface area (Å²) < 4.78 is 6.18. The maximum atomic E-state index is 10.8. The van der Waals surface area contributed by atoms with Gasteiger partial charge in [-0.3, -0.25) is 0 Å². The van der Waals surface area contributed by atoms with Crippen LogP contribution in [0.3, 0.4) is 0 Å². The summed E-state index contributed by atoms with van der Waals surface area (Å²) in [4.78, 5) is 0. The van der Waals surface area contributed by atoms with E-state index in [9.17, 15) is 5.11 Å². The van der Waals surface area contributed by atoms with Gasteiger partial charge in [-0.05, 0) is 56.3 Å². The van der Waals surface area contributed by atoms with E-state index in [4.69, 9.17) is 4.74 Å². The van der Waals surface area contributed by atoms with Gasteiger partial charge in [-0.25, -0.2) is 0 Å². The van der Waals surface area contributed by atoms with Gasteiger partial charge in [0.2, 0.25) is 0 Å². The molecule has 3 fully saturated rings. The Morgan fingerprint density at radius 3 is 2.35 bits per heavy atom. The number of aliphatic hydroxyl groups is 1. The molecule has 0 aromatic carbocycles. The van der Waals surface area contributed by atoms with Crippen molar-refractivity contribution in [2.45, 2.75) is 89.3 Å². The van der Waals surface area contributed by atoms with Crippen molar-refractivity contribution in [1.29, 1.82) is 0 Å². The van der Waals surface area contributed by atoms with E-state index >= 15 is 0 Å². The Labute approximate surface area is 124 Å². The second-order valence-corrected chi connectivity index (χ2v) is 7.86. The lowest BCUT2D eigenvalue weighted by Gasteiger charge is -2.46. The van der Waals surface area contributed by atoms with Crippen molar-refractivity contribution in [1.82, 2.24) is 0 Å². The lowest BCUT2D eigenvalue weighted by Crippen LogP contribution is -2.46. The normalized spacial score (nSPS) is 39.6. The number of hydrogen-bond donors (Lipinski definition) is 1. The molecule has 0 amide bonds. The molecule has 3 rings (SSSR count). The molecule has 2 atom stereocenters. The van der Waals surface area contributed by atoms with E-state index in [-0.39, 0.29) is 11.7 Å². The minimum absolute atomic E-state index is 0.0646. The Bertz CT molecular complexity index is 295. The van der Waals surface area contributed by atoms with Crippen LogP contribution >= 0.6 is 0 Å². The highest BCUT2D eigenvalue weighted by atomic mass is 16.5. The molecule has 2 heteroatoms. The molecule has 0 aromatic heterocycles. The smallest absolute Gasteiger partial charge is 0.0686 e. The van der Waals surface area contributed by atoms with Crippen LogP contribution < -0.4 is 0 Å². The lowest BCUT2D eigenvalue weighted by atomic mass is 9.70. The number of aliphatic hydroxyl groups excluding tert-OH is 1. The van der Waals surface area contributed by atoms with Crippen molar-refractivity contribution in [2.75, 3.05) is 6.61 Å². The zero-order valence-corrected chi connectivity index (χ0v) is 13.2. The fraction of sp³-hybridized carbons (Fsp3) is 1.00. The third-order valence-electron chi connectivity index (χ3n) is 6.32. The summed E-state index contributed by atoms with van der Waals surface area (Å²) >= 11 is 0. The van der Waals surface area contributed by atoms with Gasteiger partial charge in [0, 0.05) is 6.61 Å². The molecule has 0 bridgehead atoms. The molecule has 2 aliphatic carbocycles. The Kier molecular flexibility index (Phi) is 4.72. The molecule has 0 aromatic rings. The second-order valence-electron chi connectivity index (χ2n) is 7.86. The van der Waals surface area contributed by atoms with Crippen molar-refractivity contribution in [3.8, 4) is 0 Å². The van der Waals surface area contributed by atoms with Gasteiger partial charge in [0.05, 0.1) is 11.7 Å². The maximum absolute atomic E-state index is 10.8. The molecule has 3 aliphatic rings. The van der Waals surface area contributed by atoms with E-state index in [0.29, 0.717) is 11.8 Å². The van der Waals surface area contributed by atoms with Crippen LogP contribution in [0, 0.1) is 17.8 Å². The zero-order chi connectivity index (χ0) is 14.0. The topological polar surface area (TPSA) is 29.5 Å². The van der Waals surface area contributed by atoms with Gasteiger partial charge in [0.1, 0.15) is 0 Å². The molecule has 2 nitrogen and oxygen atoms in total. The molecule has 1 N–H and O–H groups in total. The average molecular weight is 280 g/mol. The fourth-order valence-electron chi connectivity index (χ4n) is 4.91. The van der Waals surface area contributed by atoms with Gasteiger partial charge in [-0.15, -0.1) is 0 Å². The van der Waals surface area contributed by atoms with Gasteiger partial charge in [0.25, 0.3) is 0 Å². The molecule has 2 unspecified atom stereocenters. The first-order valence-corrected chi connectivity index (χ1v) is 9.01. The van der Waals surface area contributed by atoms with E-state index in [1.807, 2.05) is 0 Å². The van der Waals surface area contributed by atoms with Crippen LogP contribution in [0.2, 0.25) is 0 Å². The van der Waals surface area contributed by atoms with Crippen LogP contribution in [-0.2, 0) is 4.74 Å². The van der Waals surface area contributed by atoms with Crippen molar-refractivity contribution < 1.29 is 9.84 Å². The van der Waals surface area contributed by atoms with Crippen molar-refractivity contribution in [3.05, 3.63) is 0 Å². The summed E-state index contributed by atoms with van der Waals surface area (Å²) in [5.41, 5.74) is 0.143. The summed E-state index contributed by atoms with van der Waals surface area (Å²) in [5, 5.41) is 10.8. The number of rotatable bonds is 2. The van der Waals surface area contributed by atoms with Crippen molar-refractivity contribution >= 4 is 0 Å². The molecular formula is C18H32O2. The van der Waals surface area contributed by atoms with Gasteiger partial charge in [0.15, 0.2) is 0 Å². The van der Waals surface area contributed by atoms with Crippen molar-refractivity contribution in [3.63, 3.8) is 0 Å². The van der Waals surface area contributed by atoms with Gasteiger partial charge in [-0.1, -0.05) is 39.0 Å². The van der Waals surface area contributed by atoms with Gasteiger partial charge < -0.3 is 9.84 Å². The van der Waals surface area contributed by atoms with E-state index in [0.717, 1.165) is 25.4 Å². The Morgan fingerprint density at radius 1 is 0.950 bits per heavy atom. The van der Waals surface area contributed by atoms with Crippen LogP contribution in [-0.4, -0.2) is 23.4 Å². The summed E-state index contributed by atoms with van der Waals surface area (Å²) in [6.07, 6.45) is 13.7. The summed E-state index contributed by atoms with van der Waals surface area (Å²) in [6, 6.07) is 0. The van der Waals surface area contributed by atoms with E-state index in [1.54, 1.807) is 0 Å². The zero-order valence-electron chi connectivity index (χ0n) is 13.2. The third-order valence-corrected chi connectivity index (χ3v) is 6.32. The first-order chi connectivity index (χ1) is 9.69. The fourth-order valence-corrected chi connectivity index (χ4v) is 4.91. The predicted molar refractivity (Wildman–Crippen MR) is 81.6 cm³/mol. The molecule has 20 heavy (non-hydrogen) atoms. The van der Waals surface area contributed by atoms with Crippen LogP contribution in [0.4, 0.5) is 0 Å². The predicted octanol–water partition coefficient (Wildman–Crippen LogP) is 4.30. The van der Waals surface area contributed by atoms with Crippen molar-refractivity contribution in [2.24, 2.45) is 17.8 Å². The first-order valence-electron chi connectivity index (χ1n) is 9.01. The number of hydrogen-bond acceptors (Lipinski definition) is 2. The van der Waals surface area contributed by atoms with E-state index in [2.05, 4.69) is 6.92 Å². The van der Waals surface area contributed by atoms with Crippen LogP contribution in [0.15, 0.2) is 0 Å². The molecule has 116 valence electrons. The third kappa shape index (κ3) is 3.22. The van der Waals surface area contributed by atoms with Crippen LogP contribution in [0.1, 0.15) is 77.6 Å². The summed E-state index contributed by atoms with van der Waals surface area (Å²) in [5.74, 6) is 1.94. The maximum Gasteiger partial charge on any atom is 0.0686 e. The van der Waals surface area contributed by atoms with Gasteiger partial charge in [-0.2, -0.15) is 0 Å². The highest BCUT2D eigenvalue weighted by molar-refractivity contribution is 4.93. The van der Waals surface area contributed by atoms with Gasteiger partial charge >= 0.3 is 0 Å². The standard InChI is InChI=1S/C18H32O2/c1-14-5-7-15(8-6-14)17(19)16-9-12-20-18(13-16)10-3-2-4-11-18/h14-17,19H,2-13H2,1H3. The van der Waals surface area contributed by atoms with E-state index < -0.39 is 0 Å². The minimum atomic E-state index is -0.0646. The molecular weight excluding hydrogens is 248 g/mol. The minimum Gasteiger partial charge on any atom is -0.393 e. The Balaban J connectivity index is 1.58. The summed E-state index contributed by atoms with van der Waals surface area (Å²) in [7, 11) is 0. The molecule has 2 saturated carbocycles. The molecule has 1 heterocycles. The summed E-state index contributed by atoms with van der Waals surface area (Å²) in [6.45, 7) is 3.24. The molecule has 1 spiro atoms. The molecule has 1 aliphatic heterocycles. The number of ether oxygens (including phenoxy) is 1. The monoisotopic (exact) mass is 280 g/mol. The Morgan fingerprint density at radius 2 is 1.65 bits per heavy atom. The second kappa shape index (κ2) is 6.36. The average Bonchev–Trinajstić information content (AvgIpc) is 2.48. The largest absolute Gasteiger partial charge is 0.393 e. The molecule has 0 radical (unpaired) electrons. The van der Waals surface area contributed by atoms with Crippen LogP contribution in [0.25, 0.3) is 0 Å². The quantitative estimate of drug-likeness (QED) is 0.817. The van der Waals surface area contributed by atoms with Crippen LogP contribution in [0.5, 0.6) is 0 Å². The highest BCUT2D eigenvalue weighted by Crippen LogP contribution is 2.44. The lowest BCUT2D eigenvalue weighted by molar-refractivity contribution is -0.140. The SMILES string of the molecule is CC1CCC(C(O)C2CCOC3(CCCCC3)C2)CC1. The molecule has 1 saturated heterocycles. The first kappa shape index (κ1) is 14.8. The van der Waals surface area contributed by atoms with E-state index in [1.165, 1.54) is 57.8 Å². The highest BCUT2D eigenvalue weighted by Gasteiger charge is 2.42. The Hall–Kier alpha value is -0.0800.